The van der Waals surface area contributed by atoms with E-state index in [0.717, 1.165) is 38.0 Å². The number of hydrogen-bond acceptors (Lipinski definition) is 7. The number of nitrogens with one attached hydrogen (secondary N) is 1. The van der Waals surface area contributed by atoms with Gasteiger partial charge in [0.1, 0.15) is 5.82 Å². The molecule has 3 fully saturated rings. The largest absolute Gasteiger partial charge is 0.354 e. The van der Waals surface area contributed by atoms with Crippen LogP contribution in [-0.2, 0) is 17.6 Å². The lowest BCUT2D eigenvalue weighted by atomic mass is 9.87. The third-order valence-electron chi connectivity index (χ3n) is 8.92. The fourth-order valence-corrected chi connectivity index (χ4v) is 6.46. The van der Waals surface area contributed by atoms with Gasteiger partial charge >= 0.3 is 11.7 Å². The molecule has 2 aliphatic carbocycles. The Balaban J connectivity index is 0.00000323. The van der Waals surface area contributed by atoms with Gasteiger partial charge in [-0.1, -0.05) is 6.07 Å². The Hall–Kier alpha value is -2.99. The average Bonchev–Trinajstić information content (AvgIpc) is 3.30. The molecule has 2 aliphatic heterocycles. The summed E-state index contributed by atoms with van der Waals surface area (Å²) < 4.78 is 1.51. The predicted molar refractivity (Wildman–Crippen MR) is 155 cm³/mol. The summed E-state index contributed by atoms with van der Waals surface area (Å²) in [4.78, 5) is 48.0. The van der Waals surface area contributed by atoms with Gasteiger partial charge in [-0.3, -0.25) is 19.6 Å². The Morgan fingerprint density at radius 2 is 1.70 bits per heavy atom. The number of halogens is 1. The monoisotopic (exact) mass is 570 g/mol. The molecule has 1 saturated carbocycles. The van der Waals surface area contributed by atoms with Crippen molar-refractivity contribution in [3.05, 3.63) is 52.1 Å². The summed E-state index contributed by atoms with van der Waals surface area (Å²) >= 11 is 0. The van der Waals surface area contributed by atoms with Crippen LogP contribution in [0.3, 0.4) is 0 Å². The van der Waals surface area contributed by atoms with Crippen molar-refractivity contribution in [2.45, 2.75) is 50.7 Å². The smallest absolute Gasteiger partial charge is 0.338 e. The predicted octanol–water partition coefficient (Wildman–Crippen LogP) is 0.814. The molecule has 3 heterocycles. The maximum absolute atomic E-state index is 12.9. The molecule has 5 N–H and O–H groups in total. The van der Waals surface area contributed by atoms with E-state index in [4.69, 9.17) is 11.5 Å². The number of rotatable bonds is 4. The minimum Gasteiger partial charge on any atom is -0.338 e. The average molecular weight is 571 g/mol. The summed E-state index contributed by atoms with van der Waals surface area (Å²) in [7, 11) is 0. The van der Waals surface area contributed by atoms with E-state index < -0.39 is 11.2 Å². The highest BCUT2D eigenvalue weighted by atomic mass is 35.5. The Morgan fingerprint density at radius 1 is 1.02 bits per heavy atom. The van der Waals surface area contributed by atoms with Gasteiger partial charge in [-0.15, -0.1) is 12.4 Å². The van der Waals surface area contributed by atoms with Gasteiger partial charge in [0.2, 0.25) is 5.91 Å². The van der Waals surface area contributed by atoms with Crippen LogP contribution in [0.1, 0.15) is 31.4 Å². The zero-order valence-electron chi connectivity index (χ0n) is 23.1. The number of nitrogens with zero attached hydrogens (tertiary/aromatic N) is 5. The fourth-order valence-electron chi connectivity index (χ4n) is 6.46. The first-order valence-electron chi connectivity index (χ1n) is 13.9. The van der Waals surface area contributed by atoms with Crippen LogP contribution in [0, 0.1) is 11.8 Å². The number of fused-ring (bicyclic) bond motifs is 2. The molecule has 0 spiro atoms. The summed E-state index contributed by atoms with van der Waals surface area (Å²) in [6.07, 6.45) is 4.80. The van der Waals surface area contributed by atoms with Crippen LogP contribution in [0.25, 0.3) is 5.69 Å². The lowest BCUT2D eigenvalue weighted by Crippen LogP contribution is -2.58. The Kier molecular flexibility index (Phi) is 7.68. The first kappa shape index (κ1) is 28.5. The van der Waals surface area contributed by atoms with Gasteiger partial charge in [0.05, 0.1) is 11.2 Å². The zero-order chi connectivity index (χ0) is 27.5. The number of anilines is 1. The number of amides is 3. The normalized spacial score (nSPS) is 26.0. The molecule has 4 atom stereocenters. The summed E-state index contributed by atoms with van der Waals surface area (Å²) in [6, 6.07) is 8.48. The molecule has 2 unspecified atom stereocenters. The van der Waals surface area contributed by atoms with Crippen LogP contribution >= 0.6 is 12.4 Å². The number of urea groups is 1. The van der Waals surface area contributed by atoms with Gasteiger partial charge in [0.15, 0.2) is 0 Å². The summed E-state index contributed by atoms with van der Waals surface area (Å²) in [5.74, 6) is 1.46. The van der Waals surface area contributed by atoms with Crippen molar-refractivity contribution in [1.82, 2.24) is 24.3 Å². The molecule has 1 aromatic carbocycles. The van der Waals surface area contributed by atoms with E-state index in [2.05, 4.69) is 27.3 Å². The number of carbonyl (C=O) groups excluding carboxylic acids is 2. The van der Waals surface area contributed by atoms with Crippen LogP contribution in [0.5, 0.6) is 0 Å². The van der Waals surface area contributed by atoms with Gasteiger partial charge in [-0.05, 0) is 74.3 Å². The number of aryl methyl sites for hydroxylation is 1. The molecule has 216 valence electrons. The van der Waals surface area contributed by atoms with Crippen molar-refractivity contribution in [3.8, 4) is 5.69 Å². The van der Waals surface area contributed by atoms with E-state index in [1.165, 1.54) is 15.7 Å². The number of aromatic nitrogens is 2. The number of piperazine rings is 1. The molecule has 2 saturated heterocycles. The maximum atomic E-state index is 12.9. The van der Waals surface area contributed by atoms with Crippen LogP contribution in [-0.4, -0.2) is 93.1 Å². The minimum atomic E-state index is -0.943. The molecule has 4 aliphatic rings. The third-order valence-corrected chi connectivity index (χ3v) is 8.92. The lowest BCUT2D eigenvalue weighted by Gasteiger charge is -2.37. The zero-order valence-corrected chi connectivity index (χ0v) is 23.9. The van der Waals surface area contributed by atoms with Crippen molar-refractivity contribution >= 4 is 30.2 Å². The molecular formula is C28H39ClN8O3. The number of hydrogen-bond donors (Lipinski definition) is 3. The summed E-state index contributed by atoms with van der Waals surface area (Å²) in [5, 5.41) is 2.72. The maximum Gasteiger partial charge on any atom is 0.354 e. The van der Waals surface area contributed by atoms with Crippen LogP contribution < -0.4 is 22.5 Å². The fraction of sp³-hybridized carbons (Fsp3) is 0.571. The van der Waals surface area contributed by atoms with E-state index in [9.17, 15) is 14.4 Å². The topological polar surface area (TPSA) is 143 Å². The van der Waals surface area contributed by atoms with Crippen molar-refractivity contribution < 1.29 is 9.59 Å². The number of nitrogens with two attached hydrogens (primary N) is 2. The highest BCUT2D eigenvalue weighted by Gasteiger charge is 2.54. The lowest BCUT2D eigenvalue weighted by molar-refractivity contribution is -0.137. The molecule has 12 heteroatoms. The van der Waals surface area contributed by atoms with Crippen molar-refractivity contribution in [1.29, 1.82) is 0 Å². The second-order valence-electron chi connectivity index (χ2n) is 12.1. The van der Waals surface area contributed by atoms with Crippen LogP contribution in [0.2, 0.25) is 0 Å². The molecule has 40 heavy (non-hydrogen) atoms. The molecule has 0 bridgehead atoms. The number of carbonyl (C=O) groups is 2. The highest BCUT2D eigenvalue weighted by Crippen LogP contribution is 2.45. The van der Waals surface area contributed by atoms with Crippen molar-refractivity contribution in [2.75, 3.05) is 44.6 Å². The first-order valence-corrected chi connectivity index (χ1v) is 13.9. The molecular weight excluding hydrogens is 532 g/mol. The highest BCUT2D eigenvalue weighted by molar-refractivity contribution is 5.89. The van der Waals surface area contributed by atoms with Crippen molar-refractivity contribution in [2.24, 2.45) is 23.3 Å². The first-order chi connectivity index (χ1) is 18.6. The van der Waals surface area contributed by atoms with Gasteiger partial charge in [0, 0.05) is 57.5 Å². The van der Waals surface area contributed by atoms with E-state index in [-0.39, 0.29) is 30.2 Å². The molecule has 6 rings (SSSR count). The summed E-state index contributed by atoms with van der Waals surface area (Å²) in [5.41, 5.74) is 14.1. The van der Waals surface area contributed by atoms with E-state index in [1.54, 1.807) is 35.9 Å². The second-order valence-corrected chi connectivity index (χ2v) is 12.1. The quantitative estimate of drug-likeness (QED) is 0.494. The molecule has 0 radical (unpaired) electrons. The number of piperidine rings is 1. The SMILES string of the molecule is CC(C)(N)C(=O)N1CCN(C(=O)Nc2ccn(-c3ccc4c(c3)CCC(N3C[C@@H]5C(N)[C@@H]5C3)C4)c(=O)n2)CC1.Cl. The van der Waals surface area contributed by atoms with Crippen molar-refractivity contribution in [3.63, 3.8) is 0 Å². The van der Waals surface area contributed by atoms with Gasteiger partial charge in [-0.25, -0.2) is 9.59 Å². The summed E-state index contributed by atoms with van der Waals surface area (Å²) in [6.45, 7) is 7.21. The van der Waals surface area contributed by atoms with E-state index in [0.29, 0.717) is 50.1 Å². The van der Waals surface area contributed by atoms with Gasteiger partial charge in [0.25, 0.3) is 0 Å². The molecule has 1 aromatic heterocycles. The number of likely N-dealkylation sites (tertiary alicyclic amines) is 1. The second kappa shape index (κ2) is 10.8. The van der Waals surface area contributed by atoms with Crippen LogP contribution in [0.4, 0.5) is 10.6 Å². The molecule has 11 nitrogen and oxygen atoms in total. The Labute approximate surface area is 240 Å². The van der Waals surface area contributed by atoms with E-state index in [1.807, 2.05) is 6.07 Å². The minimum absolute atomic E-state index is 0. The standard InChI is InChI=1S/C28H38N8O3.ClH/c1-28(2,30)25(37)33-9-11-34(12-10-33)26(38)31-23-7-8-36(27(39)32-23)20-6-4-17-13-19(5-3-18(17)14-20)35-15-21-22(16-35)24(21)29;/h4,6-8,14,19,21-22,24H,3,5,9-13,15-16,29-30H2,1-2H3,(H,31,32,38,39);1H/t19?,21-,22+,24?;. The van der Waals surface area contributed by atoms with Gasteiger partial charge in [-0.2, -0.15) is 4.98 Å². The molecule has 2 aromatic rings. The Bertz CT molecular complexity index is 1340. The van der Waals surface area contributed by atoms with E-state index >= 15 is 0 Å². The number of benzene rings is 1. The Morgan fingerprint density at radius 3 is 2.35 bits per heavy atom. The molecule has 3 amide bonds. The van der Waals surface area contributed by atoms with Crippen LogP contribution in [0.15, 0.2) is 35.3 Å². The van der Waals surface area contributed by atoms with Gasteiger partial charge < -0.3 is 21.3 Å². The third kappa shape index (κ3) is 5.47.